The third-order valence-electron chi connectivity index (χ3n) is 1.98. The molecule has 0 heterocycles. The molecule has 0 spiro atoms. The van der Waals surface area contributed by atoms with Crippen molar-refractivity contribution in [3.05, 3.63) is 0 Å². The van der Waals surface area contributed by atoms with Crippen molar-refractivity contribution in [3.63, 3.8) is 0 Å². The van der Waals surface area contributed by atoms with Gasteiger partial charge in [-0.15, -0.1) is 0 Å². The van der Waals surface area contributed by atoms with Gasteiger partial charge in [-0.3, -0.25) is 0 Å². The molecular formula is C8H19N3O2. The highest BCUT2D eigenvalue weighted by molar-refractivity contribution is 5.81. The van der Waals surface area contributed by atoms with E-state index >= 15 is 0 Å². The van der Waals surface area contributed by atoms with Crippen LogP contribution in [0.5, 0.6) is 0 Å². The van der Waals surface area contributed by atoms with E-state index in [4.69, 9.17) is 16.0 Å². The van der Waals surface area contributed by atoms with Gasteiger partial charge in [-0.1, -0.05) is 18.5 Å². The number of nitrogens with zero attached hydrogens (tertiary/aromatic N) is 1. The molecule has 5 heteroatoms. The third kappa shape index (κ3) is 6.36. The van der Waals surface area contributed by atoms with Gasteiger partial charge in [0.15, 0.2) is 5.84 Å². The average molecular weight is 189 g/mol. The zero-order chi connectivity index (χ0) is 10.1. The van der Waals surface area contributed by atoms with Gasteiger partial charge >= 0.3 is 0 Å². The first-order valence-electron chi connectivity index (χ1n) is 4.52. The molecule has 1 atom stereocenters. The average Bonchev–Trinajstić information content (AvgIpc) is 2.16. The van der Waals surface area contributed by atoms with E-state index in [1.54, 1.807) is 0 Å². The maximum Gasteiger partial charge on any atom is 0.153 e. The molecule has 0 aliphatic rings. The van der Waals surface area contributed by atoms with Crippen LogP contribution in [-0.2, 0) is 0 Å². The molecule has 1 unspecified atom stereocenters. The van der Waals surface area contributed by atoms with Crippen LogP contribution >= 0.6 is 0 Å². The lowest BCUT2D eigenvalue weighted by Gasteiger charge is -2.13. The number of nitrogens with one attached hydrogen (secondary N) is 1. The Labute approximate surface area is 78.6 Å². The maximum atomic E-state index is 8.71. The Morgan fingerprint density at radius 2 is 2.31 bits per heavy atom. The number of nitrogens with two attached hydrogens (primary N) is 1. The van der Waals surface area contributed by atoms with Crippen LogP contribution in [0.3, 0.4) is 0 Å². The van der Waals surface area contributed by atoms with Gasteiger partial charge in [0, 0.05) is 6.61 Å². The number of oxime groups is 1. The zero-order valence-electron chi connectivity index (χ0n) is 8.03. The van der Waals surface area contributed by atoms with E-state index in [1.807, 2.05) is 0 Å². The number of hydrogen-bond acceptors (Lipinski definition) is 4. The Morgan fingerprint density at radius 3 is 2.77 bits per heavy atom. The highest BCUT2D eigenvalue weighted by Crippen LogP contribution is 2.04. The van der Waals surface area contributed by atoms with Crippen molar-refractivity contribution < 1.29 is 10.3 Å². The predicted molar refractivity (Wildman–Crippen MR) is 51.8 cm³/mol. The predicted octanol–water partition coefficient (Wildman–Crippen LogP) is -0.269. The Kier molecular flexibility index (Phi) is 7.33. The molecule has 5 N–H and O–H groups in total. The Bertz CT molecular complexity index is 150. The molecule has 0 saturated carbocycles. The van der Waals surface area contributed by atoms with Crippen LogP contribution in [0, 0.1) is 5.92 Å². The summed E-state index contributed by atoms with van der Waals surface area (Å²) in [5.41, 5.74) is 5.26. The largest absolute Gasteiger partial charge is 0.409 e. The minimum atomic E-state index is 0.179. The molecule has 0 bridgehead atoms. The molecule has 13 heavy (non-hydrogen) atoms. The van der Waals surface area contributed by atoms with Gasteiger partial charge in [0.1, 0.15) is 0 Å². The lowest BCUT2D eigenvalue weighted by Crippen LogP contribution is -2.32. The van der Waals surface area contributed by atoms with Gasteiger partial charge in [0.25, 0.3) is 0 Å². The van der Waals surface area contributed by atoms with E-state index in [-0.39, 0.29) is 12.4 Å². The fourth-order valence-corrected chi connectivity index (χ4v) is 1.07. The summed E-state index contributed by atoms with van der Waals surface area (Å²) < 4.78 is 0. The zero-order valence-corrected chi connectivity index (χ0v) is 8.03. The third-order valence-corrected chi connectivity index (χ3v) is 1.98. The van der Waals surface area contributed by atoms with Crippen molar-refractivity contribution in [2.75, 3.05) is 19.7 Å². The second kappa shape index (κ2) is 7.82. The lowest BCUT2D eigenvalue weighted by atomic mass is 10.0. The summed E-state index contributed by atoms with van der Waals surface area (Å²) in [5.74, 6) is 0.635. The first-order chi connectivity index (χ1) is 6.24. The summed E-state index contributed by atoms with van der Waals surface area (Å²) in [6, 6.07) is 0. The molecule has 0 aliphatic heterocycles. The fourth-order valence-electron chi connectivity index (χ4n) is 1.07. The number of hydrogen-bond donors (Lipinski definition) is 4. The summed E-state index contributed by atoms with van der Waals surface area (Å²) in [6.07, 6.45) is 1.81. The highest BCUT2D eigenvalue weighted by atomic mass is 16.4. The van der Waals surface area contributed by atoms with E-state index in [9.17, 15) is 0 Å². The van der Waals surface area contributed by atoms with Crippen LogP contribution in [0.1, 0.15) is 19.8 Å². The standard InChI is InChI=1S/C8H19N3O2/c1-2-7(3-4-12)5-10-6-8(9)11-13/h7,10,12-13H,2-6H2,1H3,(H2,9,11). The molecule has 0 rings (SSSR count). The van der Waals surface area contributed by atoms with Crippen molar-refractivity contribution in [2.45, 2.75) is 19.8 Å². The van der Waals surface area contributed by atoms with Gasteiger partial charge in [0.05, 0.1) is 6.54 Å². The first kappa shape index (κ1) is 12.2. The fraction of sp³-hybridized carbons (Fsp3) is 0.875. The van der Waals surface area contributed by atoms with Crippen LogP contribution in [0.15, 0.2) is 5.16 Å². The van der Waals surface area contributed by atoms with Crippen LogP contribution < -0.4 is 11.1 Å². The molecule has 0 aromatic carbocycles. The second-order valence-corrected chi connectivity index (χ2v) is 3.01. The summed E-state index contributed by atoms with van der Waals surface area (Å²) in [5, 5.41) is 22.8. The van der Waals surface area contributed by atoms with Crippen LogP contribution in [0.4, 0.5) is 0 Å². The van der Waals surface area contributed by atoms with Crippen molar-refractivity contribution in [3.8, 4) is 0 Å². The first-order valence-corrected chi connectivity index (χ1v) is 4.52. The lowest BCUT2D eigenvalue weighted by molar-refractivity contribution is 0.252. The summed E-state index contributed by atoms with van der Waals surface area (Å²) in [6.45, 7) is 3.46. The highest BCUT2D eigenvalue weighted by Gasteiger charge is 2.04. The van der Waals surface area contributed by atoms with Crippen molar-refractivity contribution in [2.24, 2.45) is 16.8 Å². The van der Waals surface area contributed by atoms with E-state index in [2.05, 4.69) is 17.4 Å². The van der Waals surface area contributed by atoms with E-state index < -0.39 is 0 Å². The van der Waals surface area contributed by atoms with Crippen molar-refractivity contribution in [1.82, 2.24) is 5.32 Å². The normalized spacial score (nSPS) is 14.5. The van der Waals surface area contributed by atoms with E-state index in [0.717, 1.165) is 19.4 Å². The van der Waals surface area contributed by atoms with Crippen LogP contribution in [0.2, 0.25) is 0 Å². The Balaban J connectivity index is 3.48. The maximum absolute atomic E-state index is 8.71. The molecule has 5 nitrogen and oxygen atoms in total. The SMILES string of the molecule is CCC(CCO)CNCC(N)=NO. The monoisotopic (exact) mass is 189 g/mol. The molecule has 78 valence electrons. The molecule has 0 fully saturated rings. The van der Waals surface area contributed by atoms with Gasteiger partial charge in [0.2, 0.25) is 0 Å². The Morgan fingerprint density at radius 1 is 1.62 bits per heavy atom. The molecule has 0 aliphatic carbocycles. The molecule has 0 aromatic heterocycles. The number of aliphatic hydroxyl groups is 1. The molecular weight excluding hydrogens is 170 g/mol. The number of aliphatic hydroxyl groups excluding tert-OH is 1. The smallest absolute Gasteiger partial charge is 0.153 e. The van der Waals surface area contributed by atoms with Crippen molar-refractivity contribution >= 4 is 5.84 Å². The molecule has 0 radical (unpaired) electrons. The second-order valence-electron chi connectivity index (χ2n) is 3.01. The topological polar surface area (TPSA) is 90.9 Å². The molecule has 0 aromatic rings. The minimum absolute atomic E-state index is 0.179. The van der Waals surface area contributed by atoms with Crippen LogP contribution in [-0.4, -0.2) is 35.8 Å². The number of rotatable bonds is 7. The summed E-state index contributed by atoms with van der Waals surface area (Å²) >= 11 is 0. The van der Waals surface area contributed by atoms with Gasteiger partial charge < -0.3 is 21.4 Å². The summed E-state index contributed by atoms with van der Waals surface area (Å²) in [7, 11) is 0. The van der Waals surface area contributed by atoms with Crippen LogP contribution in [0.25, 0.3) is 0 Å². The van der Waals surface area contributed by atoms with E-state index in [0.29, 0.717) is 12.5 Å². The number of amidine groups is 1. The van der Waals surface area contributed by atoms with Crippen molar-refractivity contribution in [1.29, 1.82) is 0 Å². The molecule has 0 saturated heterocycles. The van der Waals surface area contributed by atoms with Gasteiger partial charge in [-0.2, -0.15) is 0 Å². The van der Waals surface area contributed by atoms with Gasteiger partial charge in [-0.25, -0.2) is 0 Å². The van der Waals surface area contributed by atoms with Gasteiger partial charge in [-0.05, 0) is 18.9 Å². The molecule has 0 amide bonds. The summed E-state index contributed by atoms with van der Waals surface area (Å²) in [4.78, 5) is 0. The Hall–Kier alpha value is -0.810. The quantitative estimate of drug-likeness (QED) is 0.192. The minimum Gasteiger partial charge on any atom is -0.409 e. The van der Waals surface area contributed by atoms with E-state index in [1.165, 1.54) is 0 Å².